The first kappa shape index (κ1) is 13.1. The van der Waals surface area contributed by atoms with Gasteiger partial charge in [-0.1, -0.05) is 6.07 Å². The van der Waals surface area contributed by atoms with Crippen molar-refractivity contribution in [3.05, 3.63) is 22.4 Å². The zero-order valence-electron chi connectivity index (χ0n) is 11.0. The second kappa shape index (κ2) is 5.51. The molecular weight excluding hydrogens is 228 g/mol. The van der Waals surface area contributed by atoms with Crippen LogP contribution >= 0.6 is 11.3 Å². The Balaban J connectivity index is 1.77. The van der Waals surface area contributed by atoms with E-state index in [0.717, 1.165) is 19.0 Å². The van der Waals surface area contributed by atoms with E-state index in [9.17, 15) is 0 Å². The van der Waals surface area contributed by atoms with Gasteiger partial charge in [0.15, 0.2) is 0 Å². The molecule has 1 saturated carbocycles. The van der Waals surface area contributed by atoms with E-state index in [-0.39, 0.29) is 5.54 Å². The van der Waals surface area contributed by atoms with Crippen LogP contribution in [0.5, 0.6) is 0 Å². The summed E-state index contributed by atoms with van der Waals surface area (Å²) in [5.74, 6) is 0. The highest BCUT2D eigenvalue weighted by atomic mass is 32.1. The third-order valence-corrected chi connectivity index (χ3v) is 4.13. The van der Waals surface area contributed by atoms with Gasteiger partial charge < -0.3 is 5.73 Å². The summed E-state index contributed by atoms with van der Waals surface area (Å²) >= 11 is 1.87. The summed E-state index contributed by atoms with van der Waals surface area (Å²) in [6.07, 6.45) is 5.10. The van der Waals surface area contributed by atoms with Crippen molar-refractivity contribution in [2.75, 3.05) is 6.54 Å². The van der Waals surface area contributed by atoms with Crippen LogP contribution in [0.4, 0.5) is 0 Å². The fraction of sp³-hybridized carbons (Fsp3) is 0.714. The number of nitrogens with two attached hydrogens (primary N) is 1. The third kappa shape index (κ3) is 4.78. The maximum atomic E-state index is 6.03. The first-order chi connectivity index (χ1) is 8.04. The number of hydrogen-bond acceptors (Lipinski definition) is 3. The van der Waals surface area contributed by atoms with E-state index in [4.69, 9.17) is 5.73 Å². The van der Waals surface area contributed by atoms with Gasteiger partial charge in [0, 0.05) is 23.0 Å². The summed E-state index contributed by atoms with van der Waals surface area (Å²) in [5, 5.41) is 2.17. The van der Waals surface area contributed by atoms with Gasteiger partial charge in [0.05, 0.1) is 0 Å². The summed E-state index contributed by atoms with van der Waals surface area (Å²) in [6, 6.07) is 5.24. The van der Waals surface area contributed by atoms with Crippen LogP contribution in [0.3, 0.4) is 0 Å². The van der Waals surface area contributed by atoms with Gasteiger partial charge in [-0.25, -0.2) is 0 Å². The van der Waals surface area contributed by atoms with E-state index in [1.54, 1.807) is 0 Å². The van der Waals surface area contributed by atoms with Gasteiger partial charge in [0.1, 0.15) is 0 Å². The van der Waals surface area contributed by atoms with Gasteiger partial charge in [0.2, 0.25) is 0 Å². The first-order valence-corrected chi connectivity index (χ1v) is 7.48. The van der Waals surface area contributed by atoms with Crippen molar-refractivity contribution in [3.8, 4) is 0 Å². The highest BCUT2D eigenvalue weighted by Crippen LogP contribution is 2.29. The molecule has 0 spiro atoms. The van der Waals surface area contributed by atoms with Crippen molar-refractivity contribution < 1.29 is 0 Å². The molecule has 1 fully saturated rings. The fourth-order valence-corrected chi connectivity index (χ4v) is 2.90. The molecule has 1 aliphatic carbocycles. The Bertz CT molecular complexity index is 322. The molecule has 0 aliphatic heterocycles. The Labute approximate surface area is 109 Å². The lowest BCUT2D eigenvalue weighted by atomic mass is 10.00. The highest BCUT2D eigenvalue weighted by Gasteiger charge is 2.28. The minimum Gasteiger partial charge on any atom is -0.326 e. The Kier molecular flexibility index (Phi) is 4.23. The molecule has 2 rings (SSSR count). The van der Waals surface area contributed by atoms with E-state index < -0.39 is 0 Å². The molecule has 17 heavy (non-hydrogen) atoms. The molecule has 0 unspecified atom stereocenters. The van der Waals surface area contributed by atoms with E-state index >= 15 is 0 Å². The van der Waals surface area contributed by atoms with E-state index in [1.165, 1.54) is 30.7 Å². The maximum Gasteiger partial charge on any atom is 0.0330 e. The topological polar surface area (TPSA) is 29.3 Å². The molecule has 0 atom stereocenters. The molecule has 0 aromatic carbocycles. The molecule has 0 bridgehead atoms. The van der Waals surface area contributed by atoms with Crippen LogP contribution in [0.15, 0.2) is 17.5 Å². The zero-order valence-corrected chi connectivity index (χ0v) is 11.8. The largest absolute Gasteiger partial charge is 0.326 e. The zero-order chi connectivity index (χ0) is 12.3. The molecule has 1 heterocycles. The van der Waals surface area contributed by atoms with E-state index in [1.807, 2.05) is 11.3 Å². The molecule has 1 aromatic heterocycles. The van der Waals surface area contributed by atoms with Crippen LogP contribution in [-0.2, 0) is 6.54 Å². The lowest BCUT2D eigenvalue weighted by Gasteiger charge is -2.24. The van der Waals surface area contributed by atoms with Gasteiger partial charge in [-0.05, 0) is 57.5 Å². The number of thiophene rings is 1. The molecule has 0 radical (unpaired) electrons. The number of nitrogens with zero attached hydrogens (tertiary/aromatic N) is 1. The van der Waals surface area contributed by atoms with Crippen LogP contribution < -0.4 is 5.73 Å². The predicted octanol–water partition coefficient (Wildman–Crippen LogP) is 3.23. The van der Waals surface area contributed by atoms with Crippen LogP contribution in [0.1, 0.15) is 44.4 Å². The standard InChI is InChI=1S/C14H24N2S/c1-14(2,15)8-4-9-16(12-6-7-12)11-13-5-3-10-17-13/h3,5,10,12H,4,6-9,11,15H2,1-2H3. The summed E-state index contributed by atoms with van der Waals surface area (Å²) in [5.41, 5.74) is 6.02. The fourth-order valence-electron chi connectivity index (χ4n) is 2.17. The van der Waals surface area contributed by atoms with Gasteiger partial charge in [-0.15, -0.1) is 11.3 Å². The van der Waals surface area contributed by atoms with Crippen LogP contribution in [0, 0.1) is 0 Å². The summed E-state index contributed by atoms with van der Waals surface area (Å²) in [7, 11) is 0. The highest BCUT2D eigenvalue weighted by molar-refractivity contribution is 7.09. The van der Waals surface area contributed by atoms with E-state index in [0.29, 0.717) is 0 Å². The van der Waals surface area contributed by atoms with Crippen molar-refractivity contribution in [2.24, 2.45) is 5.73 Å². The predicted molar refractivity (Wildman–Crippen MR) is 75.3 cm³/mol. The average Bonchev–Trinajstić information content (AvgIpc) is 2.95. The molecule has 0 saturated heterocycles. The van der Waals surface area contributed by atoms with Gasteiger partial charge in [-0.3, -0.25) is 4.90 Å². The maximum absolute atomic E-state index is 6.03. The summed E-state index contributed by atoms with van der Waals surface area (Å²) in [6.45, 7) is 6.57. The minimum atomic E-state index is -0.0157. The second-order valence-electron chi connectivity index (χ2n) is 5.87. The van der Waals surface area contributed by atoms with Crippen molar-refractivity contribution in [2.45, 2.75) is 57.7 Å². The summed E-state index contributed by atoms with van der Waals surface area (Å²) in [4.78, 5) is 4.13. The van der Waals surface area contributed by atoms with E-state index in [2.05, 4.69) is 36.3 Å². The van der Waals surface area contributed by atoms with Gasteiger partial charge in [0.25, 0.3) is 0 Å². The SMILES string of the molecule is CC(C)(N)CCCN(Cc1cccs1)C1CC1. The number of rotatable bonds is 7. The average molecular weight is 252 g/mol. The summed E-state index contributed by atoms with van der Waals surface area (Å²) < 4.78 is 0. The van der Waals surface area contributed by atoms with Crippen molar-refractivity contribution in [1.82, 2.24) is 4.90 Å². The van der Waals surface area contributed by atoms with Crippen molar-refractivity contribution >= 4 is 11.3 Å². The van der Waals surface area contributed by atoms with Gasteiger partial charge in [-0.2, -0.15) is 0 Å². The third-order valence-electron chi connectivity index (χ3n) is 3.27. The minimum absolute atomic E-state index is 0.0157. The van der Waals surface area contributed by atoms with Crippen molar-refractivity contribution in [1.29, 1.82) is 0 Å². The molecule has 2 nitrogen and oxygen atoms in total. The van der Waals surface area contributed by atoms with Crippen LogP contribution in [0.2, 0.25) is 0 Å². The molecule has 0 amide bonds. The van der Waals surface area contributed by atoms with Gasteiger partial charge >= 0.3 is 0 Å². The normalized spacial score (nSPS) is 16.7. The Hall–Kier alpha value is -0.380. The lowest BCUT2D eigenvalue weighted by Crippen LogP contribution is -2.34. The lowest BCUT2D eigenvalue weighted by molar-refractivity contribution is 0.243. The smallest absolute Gasteiger partial charge is 0.0330 e. The Morgan fingerprint density at radius 2 is 2.24 bits per heavy atom. The first-order valence-electron chi connectivity index (χ1n) is 6.60. The second-order valence-corrected chi connectivity index (χ2v) is 6.91. The monoisotopic (exact) mass is 252 g/mol. The van der Waals surface area contributed by atoms with Crippen molar-refractivity contribution in [3.63, 3.8) is 0 Å². The van der Waals surface area contributed by atoms with Crippen LogP contribution in [0.25, 0.3) is 0 Å². The molecule has 3 heteroatoms. The molecule has 96 valence electrons. The molecule has 1 aromatic rings. The number of hydrogen-bond donors (Lipinski definition) is 1. The Morgan fingerprint density at radius 3 is 2.76 bits per heavy atom. The quantitative estimate of drug-likeness (QED) is 0.807. The molecule has 1 aliphatic rings. The Morgan fingerprint density at radius 1 is 1.47 bits per heavy atom. The van der Waals surface area contributed by atoms with Crippen LogP contribution in [-0.4, -0.2) is 23.0 Å². The molecule has 2 N–H and O–H groups in total. The molecular formula is C14H24N2S.